The van der Waals surface area contributed by atoms with Gasteiger partial charge in [-0.1, -0.05) is 44.2 Å². The van der Waals surface area contributed by atoms with Gasteiger partial charge in [0.05, 0.1) is 31.3 Å². The van der Waals surface area contributed by atoms with Crippen molar-refractivity contribution in [3.8, 4) is 0 Å². The van der Waals surface area contributed by atoms with E-state index in [1.165, 1.54) is 0 Å². The minimum Gasteiger partial charge on any atom is -0.443 e. The van der Waals surface area contributed by atoms with Gasteiger partial charge in [0.2, 0.25) is 0 Å². The van der Waals surface area contributed by atoms with Crippen LogP contribution in [0.3, 0.4) is 0 Å². The van der Waals surface area contributed by atoms with E-state index in [4.69, 9.17) is 14.2 Å². The SMILES string of the molecule is CC(C)CNC[C@@H](O)[C@H](Cc1ccccc1)NC(=O)OC1COC2OCCC12. The molecule has 5 atom stereocenters. The lowest BCUT2D eigenvalue weighted by Gasteiger charge is -2.26. The number of ether oxygens (including phenoxy) is 3. The quantitative estimate of drug-likeness (QED) is 0.593. The van der Waals surface area contributed by atoms with Gasteiger partial charge in [-0.2, -0.15) is 0 Å². The molecule has 1 aromatic rings. The summed E-state index contributed by atoms with van der Waals surface area (Å²) in [5, 5.41) is 16.8. The summed E-state index contributed by atoms with van der Waals surface area (Å²) in [7, 11) is 0. The lowest BCUT2D eigenvalue weighted by atomic mass is 10.0. The molecule has 3 rings (SSSR count). The number of aliphatic hydroxyl groups excluding tert-OH is 1. The van der Waals surface area contributed by atoms with Crippen molar-refractivity contribution in [3.05, 3.63) is 35.9 Å². The van der Waals surface area contributed by atoms with Crippen LogP contribution < -0.4 is 10.6 Å². The van der Waals surface area contributed by atoms with Crippen molar-refractivity contribution in [2.24, 2.45) is 11.8 Å². The topological polar surface area (TPSA) is 89.1 Å². The highest BCUT2D eigenvalue weighted by atomic mass is 16.7. The monoisotopic (exact) mass is 392 g/mol. The lowest BCUT2D eigenvalue weighted by molar-refractivity contribution is -0.0907. The first-order valence-electron chi connectivity index (χ1n) is 10.2. The van der Waals surface area contributed by atoms with Gasteiger partial charge in [0.25, 0.3) is 0 Å². The summed E-state index contributed by atoms with van der Waals surface area (Å²) in [6.07, 6.45) is -0.460. The van der Waals surface area contributed by atoms with Crippen LogP contribution in [0.2, 0.25) is 0 Å². The lowest BCUT2D eigenvalue weighted by Crippen LogP contribution is -2.50. The number of rotatable bonds is 9. The molecule has 2 aliphatic heterocycles. The number of amides is 1. The molecule has 0 saturated carbocycles. The number of hydrogen-bond acceptors (Lipinski definition) is 6. The normalized spacial score (nSPS) is 26.1. The zero-order valence-corrected chi connectivity index (χ0v) is 16.7. The smallest absolute Gasteiger partial charge is 0.407 e. The van der Waals surface area contributed by atoms with E-state index < -0.39 is 18.2 Å². The van der Waals surface area contributed by atoms with Crippen molar-refractivity contribution in [2.75, 3.05) is 26.3 Å². The van der Waals surface area contributed by atoms with Crippen molar-refractivity contribution in [2.45, 2.75) is 51.2 Å². The number of carbonyl (C=O) groups is 1. The van der Waals surface area contributed by atoms with Gasteiger partial charge in [0, 0.05) is 6.54 Å². The average Bonchev–Trinajstić information content (AvgIpc) is 3.27. The van der Waals surface area contributed by atoms with Gasteiger partial charge in [-0.3, -0.25) is 0 Å². The molecule has 0 aromatic heterocycles. The Morgan fingerprint density at radius 3 is 2.79 bits per heavy atom. The molecule has 0 spiro atoms. The number of nitrogens with one attached hydrogen (secondary N) is 2. The Kier molecular flexibility index (Phi) is 7.67. The molecular weight excluding hydrogens is 360 g/mol. The highest BCUT2D eigenvalue weighted by Crippen LogP contribution is 2.32. The van der Waals surface area contributed by atoms with Crippen LogP contribution in [0.4, 0.5) is 4.79 Å². The predicted molar refractivity (Wildman–Crippen MR) is 105 cm³/mol. The number of fused-ring (bicyclic) bond motifs is 1. The van der Waals surface area contributed by atoms with Crippen LogP contribution >= 0.6 is 0 Å². The third-order valence-electron chi connectivity index (χ3n) is 5.22. The Morgan fingerprint density at radius 1 is 1.25 bits per heavy atom. The number of benzene rings is 1. The molecule has 0 aliphatic carbocycles. The highest BCUT2D eigenvalue weighted by molar-refractivity contribution is 5.68. The molecule has 7 heteroatoms. The average molecular weight is 392 g/mol. The molecular formula is C21H32N2O5. The second kappa shape index (κ2) is 10.2. The summed E-state index contributed by atoms with van der Waals surface area (Å²) in [4.78, 5) is 12.5. The standard InChI is InChI=1S/C21H32N2O5/c1-14(2)11-22-12-18(24)17(10-15-6-4-3-5-7-15)23-21(25)28-19-13-27-20-16(19)8-9-26-20/h3-7,14,16-20,22,24H,8-13H2,1-2H3,(H,23,25)/t16?,17-,18+,19?,20?/m0/s1. The van der Waals surface area contributed by atoms with Crippen molar-refractivity contribution in [1.29, 1.82) is 0 Å². The van der Waals surface area contributed by atoms with Gasteiger partial charge in [0.15, 0.2) is 6.29 Å². The van der Waals surface area contributed by atoms with Crippen molar-refractivity contribution in [3.63, 3.8) is 0 Å². The Morgan fingerprint density at radius 2 is 2.04 bits per heavy atom. The molecule has 7 nitrogen and oxygen atoms in total. The van der Waals surface area contributed by atoms with E-state index in [9.17, 15) is 9.90 Å². The molecule has 0 bridgehead atoms. The van der Waals surface area contributed by atoms with E-state index in [-0.39, 0.29) is 18.3 Å². The van der Waals surface area contributed by atoms with Crippen LogP contribution in [0.25, 0.3) is 0 Å². The molecule has 3 N–H and O–H groups in total. The summed E-state index contributed by atoms with van der Waals surface area (Å²) in [5.74, 6) is 0.581. The van der Waals surface area contributed by atoms with Crippen LogP contribution in [-0.2, 0) is 20.6 Å². The maximum absolute atomic E-state index is 12.5. The summed E-state index contributed by atoms with van der Waals surface area (Å²) in [5.41, 5.74) is 1.05. The van der Waals surface area contributed by atoms with Gasteiger partial charge in [-0.25, -0.2) is 4.79 Å². The fourth-order valence-corrected chi connectivity index (χ4v) is 3.68. The van der Waals surface area contributed by atoms with E-state index in [0.29, 0.717) is 32.1 Å². The summed E-state index contributed by atoms with van der Waals surface area (Å²) in [6, 6.07) is 9.36. The number of alkyl carbamates (subject to hydrolysis) is 1. The van der Waals surface area contributed by atoms with Crippen LogP contribution in [0.15, 0.2) is 30.3 Å². The first-order chi connectivity index (χ1) is 13.5. The van der Waals surface area contributed by atoms with Crippen molar-refractivity contribution >= 4 is 6.09 Å². The van der Waals surface area contributed by atoms with Crippen LogP contribution in [0.1, 0.15) is 25.8 Å². The molecule has 1 aromatic carbocycles. The predicted octanol–water partition coefficient (Wildman–Crippen LogP) is 1.69. The Labute approximate surface area is 166 Å². The Hall–Kier alpha value is -1.67. The van der Waals surface area contributed by atoms with Crippen molar-refractivity contribution < 1.29 is 24.1 Å². The summed E-state index contributed by atoms with van der Waals surface area (Å²) in [6.45, 7) is 6.42. The molecule has 2 fully saturated rings. The first-order valence-corrected chi connectivity index (χ1v) is 10.2. The Balaban J connectivity index is 1.56. The zero-order valence-electron chi connectivity index (χ0n) is 16.7. The van der Waals surface area contributed by atoms with Crippen molar-refractivity contribution in [1.82, 2.24) is 10.6 Å². The summed E-state index contributed by atoms with van der Waals surface area (Å²) >= 11 is 0. The molecule has 156 valence electrons. The van der Waals surface area contributed by atoms with E-state index in [1.54, 1.807) is 0 Å². The molecule has 3 unspecified atom stereocenters. The fraction of sp³-hybridized carbons (Fsp3) is 0.667. The maximum Gasteiger partial charge on any atom is 0.407 e. The fourth-order valence-electron chi connectivity index (χ4n) is 3.68. The van der Waals surface area contributed by atoms with E-state index in [0.717, 1.165) is 18.5 Å². The number of carbonyl (C=O) groups excluding carboxylic acids is 1. The number of hydrogen-bond donors (Lipinski definition) is 3. The van der Waals surface area contributed by atoms with Gasteiger partial charge < -0.3 is 30.0 Å². The largest absolute Gasteiger partial charge is 0.443 e. The zero-order chi connectivity index (χ0) is 19.9. The van der Waals surface area contributed by atoms with Crippen LogP contribution in [-0.4, -0.2) is 62.0 Å². The molecule has 2 heterocycles. The van der Waals surface area contributed by atoms with E-state index in [2.05, 4.69) is 24.5 Å². The second-order valence-corrected chi connectivity index (χ2v) is 8.03. The summed E-state index contributed by atoms with van der Waals surface area (Å²) < 4.78 is 16.6. The van der Waals surface area contributed by atoms with Gasteiger partial charge >= 0.3 is 6.09 Å². The maximum atomic E-state index is 12.5. The van der Waals surface area contributed by atoms with Crippen LogP contribution in [0.5, 0.6) is 0 Å². The van der Waals surface area contributed by atoms with E-state index >= 15 is 0 Å². The van der Waals surface area contributed by atoms with E-state index in [1.807, 2.05) is 30.3 Å². The van der Waals surface area contributed by atoms with Crippen LogP contribution in [0, 0.1) is 11.8 Å². The third kappa shape index (κ3) is 5.91. The van der Waals surface area contributed by atoms with Gasteiger partial charge in [0.1, 0.15) is 6.10 Å². The van der Waals surface area contributed by atoms with Gasteiger partial charge in [-0.05, 0) is 30.9 Å². The molecule has 1 amide bonds. The number of aliphatic hydroxyl groups is 1. The molecule has 2 saturated heterocycles. The molecule has 28 heavy (non-hydrogen) atoms. The third-order valence-corrected chi connectivity index (χ3v) is 5.22. The minimum atomic E-state index is -0.728. The Bertz CT molecular complexity index is 612. The first kappa shape index (κ1) is 21.0. The van der Waals surface area contributed by atoms with Gasteiger partial charge in [-0.15, -0.1) is 0 Å². The highest BCUT2D eigenvalue weighted by Gasteiger charge is 2.44. The molecule has 0 radical (unpaired) electrons. The minimum absolute atomic E-state index is 0.0935. The molecule has 2 aliphatic rings. The second-order valence-electron chi connectivity index (χ2n) is 8.03.